The SMILES string of the molecule is Fc1ccc2cc[c]nc2c1. The lowest BCUT2D eigenvalue weighted by Gasteiger charge is -1.93. The maximum Gasteiger partial charge on any atom is 0.125 e. The van der Waals surface area contributed by atoms with Crippen LogP contribution in [0.3, 0.4) is 0 Å². The summed E-state index contributed by atoms with van der Waals surface area (Å²) in [6.07, 6.45) is 2.65. The Labute approximate surface area is 63.5 Å². The van der Waals surface area contributed by atoms with Crippen LogP contribution in [0.5, 0.6) is 0 Å². The van der Waals surface area contributed by atoms with Gasteiger partial charge >= 0.3 is 0 Å². The molecule has 0 saturated heterocycles. The van der Waals surface area contributed by atoms with Gasteiger partial charge in [0.05, 0.1) is 11.7 Å². The van der Waals surface area contributed by atoms with Gasteiger partial charge in [-0.25, -0.2) is 9.37 Å². The molecule has 53 valence electrons. The highest BCUT2D eigenvalue weighted by Crippen LogP contribution is 2.10. The summed E-state index contributed by atoms with van der Waals surface area (Å²) in [5.41, 5.74) is 0.646. The zero-order valence-electron chi connectivity index (χ0n) is 5.71. The van der Waals surface area contributed by atoms with Gasteiger partial charge in [-0.3, -0.25) is 0 Å². The normalized spacial score (nSPS) is 10.3. The van der Waals surface area contributed by atoms with Gasteiger partial charge in [0.2, 0.25) is 0 Å². The summed E-state index contributed by atoms with van der Waals surface area (Å²) in [4.78, 5) is 3.88. The van der Waals surface area contributed by atoms with Crippen molar-refractivity contribution in [1.82, 2.24) is 4.98 Å². The Morgan fingerprint density at radius 3 is 3.09 bits per heavy atom. The molecule has 1 aromatic carbocycles. The summed E-state index contributed by atoms with van der Waals surface area (Å²) in [6.45, 7) is 0. The van der Waals surface area contributed by atoms with Crippen LogP contribution in [-0.2, 0) is 0 Å². The van der Waals surface area contributed by atoms with E-state index >= 15 is 0 Å². The van der Waals surface area contributed by atoms with E-state index in [1.54, 1.807) is 12.1 Å². The third-order valence-electron chi connectivity index (χ3n) is 1.51. The molecule has 2 aromatic rings. The summed E-state index contributed by atoms with van der Waals surface area (Å²) in [5.74, 6) is -0.260. The van der Waals surface area contributed by atoms with Gasteiger partial charge in [0.1, 0.15) is 5.82 Å². The van der Waals surface area contributed by atoms with Crippen molar-refractivity contribution >= 4 is 10.9 Å². The average Bonchev–Trinajstić information content (AvgIpc) is 2.04. The Balaban J connectivity index is 2.83. The zero-order chi connectivity index (χ0) is 7.68. The molecule has 0 saturated carbocycles. The summed E-state index contributed by atoms with van der Waals surface area (Å²) >= 11 is 0. The Morgan fingerprint density at radius 1 is 1.27 bits per heavy atom. The highest BCUT2D eigenvalue weighted by Gasteiger charge is 1.93. The molecule has 1 radical (unpaired) electrons. The Hall–Kier alpha value is -1.44. The molecule has 1 nitrogen and oxygen atoms in total. The molecule has 0 aliphatic rings. The van der Waals surface area contributed by atoms with E-state index in [1.807, 2.05) is 6.07 Å². The first-order chi connectivity index (χ1) is 5.36. The summed E-state index contributed by atoms with van der Waals surface area (Å²) < 4.78 is 12.6. The van der Waals surface area contributed by atoms with Crippen molar-refractivity contribution in [3.8, 4) is 0 Å². The lowest BCUT2D eigenvalue weighted by atomic mass is 10.2. The van der Waals surface area contributed by atoms with E-state index in [1.165, 1.54) is 12.1 Å². The van der Waals surface area contributed by atoms with Crippen molar-refractivity contribution in [2.24, 2.45) is 0 Å². The van der Waals surface area contributed by atoms with E-state index in [0.717, 1.165) is 5.39 Å². The standard InChI is InChI=1S/C9H5FN/c10-8-4-3-7-2-1-5-11-9(7)6-8/h1-4,6H. The van der Waals surface area contributed by atoms with Crippen LogP contribution in [0.15, 0.2) is 30.3 Å². The molecule has 1 aromatic heterocycles. The van der Waals surface area contributed by atoms with E-state index in [0.29, 0.717) is 5.52 Å². The topological polar surface area (TPSA) is 12.9 Å². The molecule has 0 unspecified atom stereocenters. The van der Waals surface area contributed by atoms with Crippen molar-refractivity contribution < 1.29 is 4.39 Å². The molecule has 2 rings (SSSR count). The molecule has 0 aliphatic carbocycles. The first kappa shape index (κ1) is 6.28. The van der Waals surface area contributed by atoms with Crippen molar-refractivity contribution in [2.45, 2.75) is 0 Å². The number of nitrogens with zero attached hydrogens (tertiary/aromatic N) is 1. The van der Waals surface area contributed by atoms with Crippen molar-refractivity contribution in [1.29, 1.82) is 0 Å². The Kier molecular flexibility index (Phi) is 1.32. The van der Waals surface area contributed by atoms with Crippen molar-refractivity contribution in [2.75, 3.05) is 0 Å². The molecule has 0 spiro atoms. The molecule has 0 amide bonds. The second-order valence-electron chi connectivity index (χ2n) is 2.28. The van der Waals surface area contributed by atoms with Crippen LogP contribution in [0.1, 0.15) is 0 Å². The van der Waals surface area contributed by atoms with Gasteiger partial charge < -0.3 is 0 Å². The molecule has 0 bridgehead atoms. The van der Waals surface area contributed by atoms with Gasteiger partial charge in [0.15, 0.2) is 0 Å². The highest BCUT2D eigenvalue weighted by molar-refractivity contribution is 5.77. The highest BCUT2D eigenvalue weighted by atomic mass is 19.1. The molecule has 2 heteroatoms. The molecule has 0 fully saturated rings. The summed E-state index contributed by atoms with van der Waals surface area (Å²) in [5, 5.41) is 0.935. The van der Waals surface area contributed by atoms with Crippen LogP contribution in [-0.4, -0.2) is 4.98 Å². The fraction of sp³-hybridized carbons (Fsp3) is 0. The van der Waals surface area contributed by atoms with Gasteiger partial charge in [-0.15, -0.1) is 0 Å². The predicted octanol–water partition coefficient (Wildman–Crippen LogP) is 2.17. The number of aromatic nitrogens is 1. The number of hydrogen-bond donors (Lipinski definition) is 0. The maximum atomic E-state index is 12.6. The summed E-state index contributed by atoms with van der Waals surface area (Å²) in [7, 11) is 0. The largest absolute Gasteiger partial charge is 0.246 e. The van der Waals surface area contributed by atoms with Crippen LogP contribution in [0.2, 0.25) is 0 Å². The van der Waals surface area contributed by atoms with Gasteiger partial charge in [-0.05, 0) is 18.2 Å². The van der Waals surface area contributed by atoms with Crippen LogP contribution in [0.4, 0.5) is 4.39 Å². The van der Waals surface area contributed by atoms with Crippen LogP contribution < -0.4 is 0 Å². The second kappa shape index (κ2) is 2.31. The van der Waals surface area contributed by atoms with E-state index in [9.17, 15) is 4.39 Å². The van der Waals surface area contributed by atoms with E-state index in [-0.39, 0.29) is 5.82 Å². The quantitative estimate of drug-likeness (QED) is 0.555. The van der Waals surface area contributed by atoms with Gasteiger partial charge in [-0.1, -0.05) is 6.07 Å². The molecular weight excluding hydrogens is 141 g/mol. The molecule has 0 N–H and O–H groups in total. The second-order valence-corrected chi connectivity index (χ2v) is 2.28. The van der Waals surface area contributed by atoms with Crippen LogP contribution >= 0.6 is 0 Å². The fourth-order valence-corrected chi connectivity index (χ4v) is 0.988. The number of benzene rings is 1. The smallest absolute Gasteiger partial charge is 0.125 e. The predicted molar refractivity (Wildman–Crippen MR) is 40.5 cm³/mol. The van der Waals surface area contributed by atoms with E-state index in [4.69, 9.17) is 0 Å². The third-order valence-corrected chi connectivity index (χ3v) is 1.51. The third kappa shape index (κ3) is 1.07. The summed E-state index contributed by atoms with van der Waals surface area (Å²) in [6, 6.07) is 8.07. The van der Waals surface area contributed by atoms with Crippen LogP contribution in [0.25, 0.3) is 10.9 Å². The minimum absolute atomic E-state index is 0.260. The number of halogens is 1. The molecular formula is C9H5FN. The molecule has 11 heavy (non-hydrogen) atoms. The lowest BCUT2D eigenvalue weighted by molar-refractivity contribution is 0.629. The van der Waals surface area contributed by atoms with Crippen LogP contribution in [0, 0.1) is 12.0 Å². The van der Waals surface area contributed by atoms with E-state index < -0.39 is 0 Å². The number of fused-ring (bicyclic) bond motifs is 1. The Bertz CT molecular complexity index is 384. The van der Waals surface area contributed by atoms with Gasteiger partial charge in [0.25, 0.3) is 0 Å². The number of hydrogen-bond acceptors (Lipinski definition) is 1. The molecule has 0 atom stereocenters. The maximum absolute atomic E-state index is 12.6. The minimum Gasteiger partial charge on any atom is -0.246 e. The lowest BCUT2D eigenvalue weighted by Crippen LogP contribution is -1.78. The van der Waals surface area contributed by atoms with Crippen molar-refractivity contribution in [3.63, 3.8) is 0 Å². The minimum atomic E-state index is -0.260. The Morgan fingerprint density at radius 2 is 2.18 bits per heavy atom. The molecule has 0 aliphatic heterocycles. The number of pyridine rings is 1. The monoisotopic (exact) mass is 146 g/mol. The first-order valence-electron chi connectivity index (χ1n) is 3.28. The number of rotatable bonds is 0. The van der Waals surface area contributed by atoms with Crippen molar-refractivity contribution in [3.05, 3.63) is 42.3 Å². The van der Waals surface area contributed by atoms with Gasteiger partial charge in [-0.2, -0.15) is 0 Å². The fourth-order valence-electron chi connectivity index (χ4n) is 0.988. The zero-order valence-corrected chi connectivity index (χ0v) is 5.71. The molecule has 1 heterocycles. The van der Waals surface area contributed by atoms with Gasteiger partial charge in [0, 0.05) is 11.5 Å². The van der Waals surface area contributed by atoms with E-state index in [2.05, 4.69) is 11.2 Å². The first-order valence-corrected chi connectivity index (χ1v) is 3.28. The average molecular weight is 146 g/mol.